The van der Waals surface area contributed by atoms with Gasteiger partial charge in [-0.25, -0.2) is 8.42 Å². The molecule has 4 nitrogen and oxygen atoms in total. The minimum atomic E-state index is -3.80. The summed E-state index contributed by atoms with van der Waals surface area (Å²) in [6.45, 7) is 2.07. The molecule has 0 aliphatic carbocycles. The summed E-state index contributed by atoms with van der Waals surface area (Å²) in [5, 5.41) is 0.620. The number of nitrogens with one attached hydrogen (secondary N) is 1. The fourth-order valence-electron chi connectivity index (χ4n) is 1.75. The number of hydrogen-bond acceptors (Lipinski definition) is 3. The highest BCUT2D eigenvalue weighted by Crippen LogP contribution is 2.26. The number of sulfonamides is 1. The van der Waals surface area contributed by atoms with Gasteiger partial charge in [-0.15, -0.1) is 0 Å². The van der Waals surface area contributed by atoms with E-state index in [-0.39, 0.29) is 16.5 Å². The van der Waals surface area contributed by atoms with E-state index < -0.39 is 10.0 Å². The van der Waals surface area contributed by atoms with E-state index in [1.54, 1.807) is 24.3 Å². The average molecular weight is 345 g/mol. The molecule has 0 heterocycles. The highest BCUT2D eigenvalue weighted by Gasteiger charge is 2.18. The second-order valence-electron chi connectivity index (χ2n) is 4.54. The molecule has 0 fully saturated rings. The minimum absolute atomic E-state index is 0.0104. The molecular weight excluding hydrogens is 331 g/mol. The first-order valence-electron chi connectivity index (χ1n) is 6.11. The fraction of sp³-hybridized carbons (Fsp3) is 0.143. The first-order valence-corrected chi connectivity index (χ1v) is 8.35. The Morgan fingerprint density at radius 2 is 1.81 bits per heavy atom. The maximum Gasteiger partial charge on any atom is 0.263 e. The van der Waals surface area contributed by atoms with Crippen LogP contribution in [0.15, 0.2) is 41.3 Å². The first-order chi connectivity index (χ1) is 9.83. The predicted octanol–water partition coefficient (Wildman–Crippen LogP) is 3.56. The molecule has 2 aromatic rings. The van der Waals surface area contributed by atoms with Crippen molar-refractivity contribution in [1.82, 2.24) is 0 Å². The fourth-order valence-corrected chi connectivity index (χ4v) is 3.53. The molecule has 0 aliphatic rings. The molecule has 112 valence electrons. The zero-order valence-electron chi connectivity index (χ0n) is 11.2. The smallest absolute Gasteiger partial charge is 0.263 e. The van der Waals surface area contributed by atoms with Gasteiger partial charge in [0.05, 0.1) is 10.7 Å². The molecular formula is C14H14Cl2N2O2S. The molecule has 3 N–H and O–H groups in total. The van der Waals surface area contributed by atoms with Gasteiger partial charge in [-0.2, -0.15) is 0 Å². The highest BCUT2D eigenvalue weighted by molar-refractivity contribution is 7.92. The van der Waals surface area contributed by atoms with Crippen molar-refractivity contribution in [3.05, 3.63) is 57.6 Å². The Morgan fingerprint density at radius 3 is 2.43 bits per heavy atom. The zero-order chi connectivity index (χ0) is 15.6. The van der Waals surface area contributed by atoms with Crippen molar-refractivity contribution in [2.75, 3.05) is 4.72 Å². The summed E-state index contributed by atoms with van der Waals surface area (Å²) >= 11 is 12.0. The maximum atomic E-state index is 12.4. The van der Waals surface area contributed by atoms with Crippen LogP contribution < -0.4 is 10.5 Å². The van der Waals surface area contributed by atoms with Crippen molar-refractivity contribution in [3.63, 3.8) is 0 Å². The van der Waals surface area contributed by atoms with Crippen molar-refractivity contribution < 1.29 is 8.42 Å². The van der Waals surface area contributed by atoms with Crippen LogP contribution in [0, 0.1) is 6.92 Å². The van der Waals surface area contributed by atoms with Gasteiger partial charge in [0.2, 0.25) is 0 Å². The Morgan fingerprint density at radius 1 is 1.10 bits per heavy atom. The van der Waals surface area contributed by atoms with Crippen molar-refractivity contribution in [2.24, 2.45) is 5.73 Å². The summed E-state index contributed by atoms with van der Waals surface area (Å²) in [4.78, 5) is -0.0104. The van der Waals surface area contributed by atoms with E-state index in [2.05, 4.69) is 4.72 Å². The molecule has 7 heteroatoms. The Bertz CT molecular complexity index is 777. The van der Waals surface area contributed by atoms with Crippen LogP contribution in [0.3, 0.4) is 0 Å². The molecule has 0 saturated heterocycles. The second-order valence-corrected chi connectivity index (χ2v) is 7.00. The SMILES string of the molecule is Cc1ccc(NS(=O)(=O)c2cc(CN)ccc2Cl)cc1Cl. The van der Waals surface area contributed by atoms with Crippen LogP contribution in [-0.4, -0.2) is 8.42 Å². The molecule has 0 amide bonds. The lowest BCUT2D eigenvalue weighted by Crippen LogP contribution is -2.14. The summed E-state index contributed by atoms with van der Waals surface area (Å²) in [6.07, 6.45) is 0. The van der Waals surface area contributed by atoms with Gasteiger partial charge >= 0.3 is 0 Å². The van der Waals surface area contributed by atoms with Crippen LogP contribution >= 0.6 is 23.2 Å². The maximum absolute atomic E-state index is 12.4. The molecule has 0 unspecified atom stereocenters. The summed E-state index contributed by atoms with van der Waals surface area (Å²) in [7, 11) is -3.80. The lowest BCUT2D eigenvalue weighted by atomic mass is 10.2. The van der Waals surface area contributed by atoms with Gasteiger partial charge in [0.1, 0.15) is 4.90 Å². The summed E-state index contributed by atoms with van der Waals surface area (Å²) in [5.74, 6) is 0. The Hall–Kier alpha value is -1.27. The second kappa shape index (κ2) is 6.23. The zero-order valence-corrected chi connectivity index (χ0v) is 13.6. The largest absolute Gasteiger partial charge is 0.326 e. The number of nitrogens with two attached hydrogens (primary N) is 1. The molecule has 0 spiro atoms. The quantitative estimate of drug-likeness (QED) is 0.890. The topological polar surface area (TPSA) is 72.2 Å². The number of aryl methyl sites for hydroxylation is 1. The number of anilines is 1. The minimum Gasteiger partial charge on any atom is -0.326 e. The number of halogens is 2. The third-order valence-electron chi connectivity index (χ3n) is 2.94. The molecule has 0 aliphatic heterocycles. The lowest BCUT2D eigenvalue weighted by Gasteiger charge is -2.11. The van der Waals surface area contributed by atoms with Crippen LogP contribution in [0.5, 0.6) is 0 Å². The highest BCUT2D eigenvalue weighted by atomic mass is 35.5. The number of hydrogen-bond donors (Lipinski definition) is 2. The average Bonchev–Trinajstić information content (AvgIpc) is 2.43. The lowest BCUT2D eigenvalue weighted by molar-refractivity contribution is 0.601. The molecule has 0 bridgehead atoms. The first kappa shape index (κ1) is 16.1. The van der Waals surface area contributed by atoms with Gasteiger partial charge in [-0.1, -0.05) is 35.3 Å². The van der Waals surface area contributed by atoms with E-state index in [1.165, 1.54) is 12.1 Å². The molecule has 0 saturated carbocycles. The van der Waals surface area contributed by atoms with Crippen molar-refractivity contribution in [3.8, 4) is 0 Å². The normalized spacial score (nSPS) is 11.4. The molecule has 0 aromatic heterocycles. The summed E-state index contributed by atoms with van der Waals surface area (Å²) in [6, 6.07) is 9.58. The predicted molar refractivity (Wildman–Crippen MR) is 86.3 cm³/mol. The van der Waals surface area contributed by atoms with Gasteiger partial charge in [-0.3, -0.25) is 4.72 Å². The van der Waals surface area contributed by atoms with E-state index in [9.17, 15) is 8.42 Å². The van der Waals surface area contributed by atoms with Crippen LogP contribution in [-0.2, 0) is 16.6 Å². The van der Waals surface area contributed by atoms with E-state index in [4.69, 9.17) is 28.9 Å². The standard InChI is InChI=1S/C14H14Cl2N2O2S/c1-9-2-4-11(7-13(9)16)18-21(19,20)14-6-10(8-17)3-5-12(14)15/h2-7,18H,8,17H2,1H3. The number of rotatable bonds is 4. The van der Waals surface area contributed by atoms with E-state index in [0.29, 0.717) is 16.3 Å². The summed E-state index contributed by atoms with van der Waals surface area (Å²) < 4.78 is 27.3. The van der Waals surface area contributed by atoms with Gasteiger partial charge in [0.15, 0.2) is 0 Å². The Kier molecular flexibility index (Phi) is 4.78. The van der Waals surface area contributed by atoms with E-state index in [0.717, 1.165) is 5.56 Å². The Balaban J connectivity index is 2.40. The van der Waals surface area contributed by atoms with Gasteiger partial charge in [0.25, 0.3) is 10.0 Å². The van der Waals surface area contributed by atoms with E-state index in [1.807, 2.05) is 6.92 Å². The monoisotopic (exact) mass is 344 g/mol. The van der Waals surface area contributed by atoms with Gasteiger partial charge < -0.3 is 5.73 Å². The molecule has 2 rings (SSSR count). The van der Waals surface area contributed by atoms with Crippen molar-refractivity contribution in [2.45, 2.75) is 18.4 Å². The van der Waals surface area contributed by atoms with Crippen LogP contribution in [0.4, 0.5) is 5.69 Å². The molecule has 2 aromatic carbocycles. The Labute approximate surface area is 133 Å². The van der Waals surface area contributed by atoms with Crippen LogP contribution in [0.1, 0.15) is 11.1 Å². The van der Waals surface area contributed by atoms with Crippen molar-refractivity contribution in [1.29, 1.82) is 0 Å². The summed E-state index contributed by atoms with van der Waals surface area (Å²) in [5.41, 5.74) is 7.45. The third-order valence-corrected chi connectivity index (χ3v) is 5.21. The van der Waals surface area contributed by atoms with E-state index >= 15 is 0 Å². The molecule has 0 atom stereocenters. The van der Waals surface area contributed by atoms with Gasteiger partial charge in [-0.05, 0) is 42.3 Å². The third kappa shape index (κ3) is 3.68. The molecule has 21 heavy (non-hydrogen) atoms. The van der Waals surface area contributed by atoms with Crippen molar-refractivity contribution >= 4 is 38.9 Å². The molecule has 0 radical (unpaired) electrons. The number of benzene rings is 2. The van der Waals surface area contributed by atoms with Gasteiger partial charge in [0, 0.05) is 11.6 Å². The van der Waals surface area contributed by atoms with Crippen LogP contribution in [0.2, 0.25) is 10.0 Å². The van der Waals surface area contributed by atoms with Crippen LogP contribution in [0.25, 0.3) is 0 Å².